The number of sulfonamides is 1. The van der Waals surface area contributed by atoms with E-state index in [4.69, 9.17) is 0 Å². The van der Waals surface area contributed by atoms with Crippen LogP contribution in [0.1, 0.15) is 41.6 Å². The fourth-order valence-corrected chi connectivity index (χ4v) is 4.60. The molecule has 5 nitrogen and oxygen atoms in total. The normalized spacial score (nSPS) is 12.4. The van der Waals surface area contributed by atoms with Gasteiger partial charge in [-0.2, -0.15) is 0 Å². The lowest BCUT2D eigenvalue weighted by Crippen LogP contribution is -2.26. The quantitative estimate of drug-likeness (QED) is 0.527. The average Bonchev–Trinajstić information content (AvgIpc) is 2.75. The van der Waals surface area contributed by atoms with Gasteiger partial charge in [0.05, 0.1) is 4.90 Å². The molecule has 6 heteroatoms. The van der Waals surface area contributed by atoms with Gasteiger partial charge in [-0.3, -0.25) is 4.79 Å². The maximum atomic E-state index is 12.7. The van der Waals surface area contributed by atoms with Crippen molar-refractivity contribution in [3.63, 3.8) is 0 Å². The second-order valence-electron chi connectivity index (χ2n) is 7.76. The van der Waals surface area contributed by atoms with E-state index in [1.807, 2.05) is 69.3 Å². The number of amides is 1. The van der Waals surface area contributed by atoms with Crippen molar-refractivity contribution >= 4 is 21.6 Å². The summed E-state index contributed by atoms with van der Waals surface area (Å²) in [5, 5.41) is 2.94. The molecule has 3 rings (SSSR count). The summed E-state index contributed by atoms with van der Waals surface area (Å²) in [4.78, 5) is 12.5. The van der Waals surface area contributed by atoms with Crippen LogP contribution in [0.25, 0.3) is 0 Å². The molecule has 0 aliphatic carbocycles. The van der Waals surface area contributed by atoms with Gasteiger partial charge in [0.15, 0.2) is 0 Å². The first-order valence-electron chi connectivity index (χ1n) is 10.3. The first kappa shape index (κ1) is 22.7. The minimum Gasteiger partial charge on any atom is -0.326 e. The molecule has 3 aromatic carbocycles. The molecule has 31 heavy (non-hydrogen) atoms. The number of nitrogens with one attached hydrogen (secondary N) is 2. The Labute approximate surface area is 184 Å². The number of carbonyl (C=O) groups is 1. The molecule has 3 aromatic rings. The molecule has 162 valence electrons. The molecular formula is C25H28N2O3S. The van der Waals surface area contributed by atoms with Crippen LogP contribution in [0.15, 0.2) is 77.7 Å². The number of hydrogen-bond donors (Lipinski definition) is 2. The Bertz CT molecular complexity index is 1140. The SMILES string of the molecule is Cc1ccc(NC(=O)CCc2ccc(S(=O)(=O)N[C@@H](C)c3ccccc3)cc2)c(C)c1. The van der Waals surface area contributed by atoms with Gasteiger partial charge in [0, 0.05) is 18.2 Å². The minimum atomic E-state index is -3.63. The molecule has 0 aliphatic heterocycles. The average molecular weight is 437 g/mol. The summed E-state index contributed by atoms with van der Waals surface area (Å²) in [7, 11) is -3.63. The van der Waals surface area contributed by atoms with Crippen LogP contribution in [0.5, 0.6) is 0 Å². The molecular weight excluding hydrogens is 408 g/mol. The summed E-state index contributed by atoms with van der Waals surface area (Å²) in [6, 6.07) is 21.7. The van der Waals surface area contributed by atoms with Crippen molar-refractivity contribution in [3.8, 4) is 0 Å². The van der Waals surface area contributed by atoms with E-state index in [2.05, 4.69) is 10.0 Å². The molecule has 0 aromatic heterocycles. The highest BCUT2D eigenvalue weighted by Crippen LogP contribution is 2.19. The van der Waals surface area contributed by atoms with Crippen LogP contribution in [0.2, 0.25) is 0 Å². The van der Waals surface area contributed by atoms with Gasteiger partial charge in [0.1, 0.15) is 0 Å². The van der Waals surface area contributed by atoms with E-state index in [0.29, 0.717) is 12.8 Å². The molecule has 0 saturated carbocycles. The van der Waals surface area contributed by atoms with Crippen LogP contribution in [-0.2, 0) is 21.2 Å². The molecule has 1 atom stereocenters. The first-order valence-corrected chi connectivity index (χ1v) is 11.8. The molecule has 0 aliphatic rings. The van der Waals surface area contributed by atoms with Crippen LogP contribution in [-0.4, -0.2) is 14.3 Å². The first-order chi connectivity index (χ1) is 14.7. The zero-order valence-electron chi connectivity index (χ0n) is 18.1. The summed E-state index contributed by atoms with van der Waals surface area (Å²) in [5.74, 6) is -0.0676. The summed E-state index contributed by atoms with van der Waals surface area (Å²) >= 11 is 0. The van der Waals surface area contributed by atoms with E-state index in [-0.39, 0.29) is 16.8 Å². The minimum absolute atomic E-state index is 0.0676. The number of aryl methyl sites for hydroxylation is 3. The Hall–Kier alpha value is -2.96. The van der Waals surface area contributed by atoms with Gasteiger partial charge in [-0.1, -0.05) is 60.2 Å². The van der Waals surface area contributed by atoms with Crippen LogP contribution in [0, 0.1) is 13.8 Å². The standard InChI is InChI=1S/C25H28N2O3S/c1-18-9-15-24(19(2)17-18)26-25(28)16-12-21-10-13-23(14-11-21)31(29,30)27-20(3)22-7-5-4-6-8-22/h4-11,13-15,17,20,27H,12,16H2,1-3H3,(H,26,28)/t20-/m0/s1. The smallest absolute Gasteiger partial charge is 0.241 e. The van der Waals surface area contributed by atoms with E-state index in [9.17, 15) is 13.2 Å². The van der Waals surface area contributed by atoms with Crippen LogP contribution in [0.3, 0.4) is 0 Å². The zero-order valence-corrected chi connectivity index (χ0v) is 18.9. The van der Waals surface area contributed by atoms with Gasteiger partial charge in [0.2, 0.25) is 15.9 Å². The lowest BCUT2D eigenvalue weighted by Gasteiger charge is -2.15. The van der Waals surface area contributed by atoms with Crippen molar-refractivity contribution in [2.45, 2.75) is 44.6 Å². The molecule has 2 N–H and O–H groups in total. The molecule has 1 amide bonds. The van der Waals surface area contributed by atoms with Gasteiger partial charge >= 0.3 is 0 Å². The second-order valence-corrected chi connectivity index (χ2v) is 9.48. The van der Waals surface area contributed by atoms with Crippen molar-refractivity contribution in [1.82, 2.24) is 4.72 Å². The number of anilines is 1. The fraction of sp³-hybridized carbons (Fsp3) is 0.240. The van der Waals surface area contributed by atoms with Gasteiger partial charge in [-0.05, 0) is 62.1 Å². The van der Waals surface area contributed by atoms with E-state index >= 15 is 0 Å². The number of benzene rings is 3. The van der Waals surface area contributed by atoms with Gasteiger partial charge in [-0.25, -0.2) is 13.1 Å². The summed E-state index contributed by atoms with van der Waals surface area (Å²) in [6.45, 7) is 5.80. The third-order valence-electron chi connectivity index (χ3n) is 5.16. The van der Waals surface area contributed by atoms with Gasteiger partial charge < -0.3 is 5.32 Å². The topological polar surface area (TPSA) is 75.3 Å². The van der Waals surface area contributed by atoms with Gasteiger partial charge in [0.25, 0.3) is 0 Å². The van der Waals surface area contributed by atoms with E-state index in [1.165, 1.54) is 0 Å². The van der Waals surface area contributed by atoms with Crippen molar-refractivity contribution in [2.24, 2.45) is 0 Å². The third-order valence-corrected chi connectivity index (χ3v) is 6.72. The summed E-state index contributed by atoms with van der Waals surface area (Å²) in [5.41, 5.74) is 4.80. The van der Waals surface area contributed by atoms with E-state index in [1.54, 1.807) is 24.3 Å². The van der Waals surface area contributed by atoms with Crippen molar-refractivity contribution in [3.05, 3.63) is 95.1 Å². The number of hydrogen-bond acceptors (Lipinski definition) is 3. The third kappa shape index (κ3) is 6.26. The largest absolute Gasteiger partial charge is 0.326 e. The van der Waals surface area contributed by atoms with Crippen molar-refractivity contribution in [2.75, 3.05) is 5.32 Å². The van der Waals surface area contributed by atoms with Crippen LogP contribution >= 0.6 is 0 Å². The molecule has 0 heterocycles. The number of rotatable bonds is 8. The fourth-order valence-electron chi connectivity index (χ4n) is 3.37. The van der Waals surface area contributed by atoms with Crippen molar-refractivity contribution < 1.29 is 13.2 Å². The van der Waals surface area contributed by atoms with E-state index in [0.717, 1.165) is 27.9 Å². The predicted molar refractivity (Wildman–Crippen MR) is 124 cm³/mol. The molecule has 0 radical (unpaired) electrons. The van der Waals surface area contributed by atoms with Crippen LogP contribution in [0.4, 0.5) is 5.69 Å². The lowest BCUT2D eigenvalue weighted by atomic mass is 10.1. The highest BCUT2D eigenvalue weighted by Gasteiger charge is 2.18. The Morgan fingerprint density at radius 3 is 2.26 bits per heavy atom. The van der Waals surface area contributed by atoms with Gasteiger partial charge in [-0.15, -0.1) is 0 Å². The molecule has 0 spiro atoms. The Morgan fingerprint density at radius 1 is 0.935 bits per heavy atom. The zero-order chi connectivity index (χ0) is 22.4. The second kappa shape index (κ2) is 9.90. The van der Waals surface area contributed by atoms with Crippen molar-refractivity contribution in [1.29, 1.82) is 0 Å². The summed E-state index contributed by atoms with van der Waals surface area (Å²) in [6.07, 6.45) is 0.855. The maximum Gasteiger partial charge on any atom is 0.241 e. The molecule has 0 bridgehead atoms. The monoisotopic (exact) mass is 436 g/mol. The van der Waals surface area contributed by atoms with Crippen LogP contribution < -0.4 is 10.0 Å². The maximum absolute atomic E-state index is 12.7. The Kier molecular flexibility index (Phi) is 7.25. The molecule has 0 fully saturated rings. The summed E-state index contributed by atoms with van der Waals surface area (Å²) < 4.78 is 28.1. The molecule has 0 saturated heterocycles. The van der Waals surface area contributed by atoms with E-state index < -0.39 is 10.0 Å². The highest BCUT2D eigenvalue weighted by molar-refractivity contribution is 7.89. The lowest BCUT2D eigenvalue weighted by molar-refractivity contribution is -0.116. The highest BCUT2D eigenvalue weighted by atomic mass is 32.2. The Balaban J connectivity index is 1.57. The molecule has 0 unspecified atom stereocenters. The number of carbonyl (C=O) groups excluding carboxylic acids is 1. The Morgan fingerprint density at radius 2 is 1.61 bits per heavy atom. The predicted octanol–water partition coefficient (Wildman–Crippen LogP) is 4.91.